The first-order valence-electron chi connectivity index (χ1n) is 12.3. The molecule has 3 heterocycles. The molecule has 2 amide bonds. The number of carbonyl (C=O) groups is 2. The van der Waals surface area contributed by atoms with Gasteiger partial charge in [-0.3, -0.25) is 15.0 Å². The van der Waals surface area contributed by atoms with Crippen molar-refractivity contribution in [1.82, 2.24) is 20.4 Å². The third kappa shape index (κ3) is 5.87. The van der Waals surface area contributed by atoms with Crippen LogP contribution >= 0.6 is 0 Å². The monoisotopic (exact) mass is 469 g/mol. The zero-order valence-corrected chi connectivity index (χ0v) is 19.7. The molecule has 34 heavy (non-hydrogen) atoms. The number of aliphatic hydroxyl groups is 1. The second-order valence-corrected chi connectivity index (χ2v) is 9.77. The molecular weight excluding hydrogens is 434 g/mol. The number of hydrogen-bond acceptors (Lipinski definition) is 7. The van der Waals surface area contributed by atoms with Crippen LogP contribution in [-0.4, -0.2) is 84.5 Å². The predicted molar refractivity (Wildman–Crippen MR) is 126 cm³/mol. The number of hydrogen-bond donors (Lipinski definition) is 3. The fourth-order valence-corrected chi connectivity index (χ4v) is 5.27. The van der Waals surface area contributed by atoms with Crippen LogP contribution in [0.4, 0.5) is 4.79 Å². The molecule has 0 bridgehead atoms. The first-order valence-corrected chi connectivity index (χ1v) is 12.3. The Balaban J connectivity index is 1.44. The summed E-state index contributed by atoms with van der Waals surface area (Å²) in [5, 5.41) is 25.4. The van der Waals surface area contributed by atoms with Crippen LogP contribution in [0.25, 0.3) is 0 Å². The number of nitriles is 1. The van der Waals surface area contributed by atoms with E-state index in [-0.39, 0.29) is 23.8 Å². The quantitative estimate of drug-likeness (QED) is 0.576. The third-order valence-electron chi connectivity index (χ3n) is 7.37. The number of piperidine rings is 1. The summed E-state index contributed by atoms with van der Waals surface area (Å²) >= 11 is 0. The fourth-order valence-electron chi connectivity index (χ4n) is 5.27. The summed E-state index contributed by atoms with van der Waals surface area (Å²) in [4.78, 5) is 30.2. The highest BCUT2D eigenvalue weighted by Gasteiger charge is 2.42. The summed E-state index contributed by atoms with van der Waals surface area (Å²) in [7, 11) is 2.05. The standard InChI is InChI=1S/C25H35N5O4/c1-29-11-8-21(9-12-29)34-25(33)30-16-19(17-5-3-2-4-6-17)14-22(30)24(32)28-20(15-26)13-18-7-10-27-23(18)31/h2-6,18-23,27,31H,7-14,16H2,1H3,(H,28,32)/t18-,19+,20-,22-,23?/m0/s1. The number of ether oxygens (including phenoxy) is 1. The van der Waals surface area contributed by atoms with E-state index in [1.165, 1.54) is 4.90 Å². The summed E-state index contributed by atoms with van der Waals surface area (Å²) in [6, 6.07) is 10.6. The van der Waals surface area contributed by atoms with E-state index >= 15 is 0 Å². The minimum absolute atomic E-state index is 0.0170. The molecule has 5 atom stereocenters. The van der Waals surface area contributed by atoms with Crippen LogP contribution in [0.1, 0.15) is 43.6 Å². The van der Waals surface area contributed by atoms with Gasteiger partial charge in [-0.05, 0) is 51.3 Å². The average Bonchev–Trinajstić information content (AvgIpc) is 3.47. The van der Waals surface area contributed by atoms with Gasteiger partial charge < -0.3 is 20.1 Å². The maximum Gasteiger partial charge on any atom is 0.410 e. The zero-order valence-electron chi connectivity index (χ0n) is 19.7. The highest BCUT2D eigenvalue weighted by atomic mass is 16.6. The van der Waals surface area contributed by atoms with E-state index in [1.807, 2.05) is 30.3 Å². The Morgan fingerprint density at radius 1 is 1.26 bits per heavy atom. The number of amides is 2. The molecule has 3 N–H and O–H groups in total. The van der Waals surface area contributed by atoms with Gasteiger partial charge >= 0.3 is 6.09 Å². The topological polar surface area (TPSA) is 118 Å². The first-order chi connectivity index (χ1) is 16.4. The van der Waals surface area contributed by atoms with Crippen molar-refractivity contribution in [3.8, 4) is 6.07 Å². The maximum absolute atomic E-state index is 13.3. The van der Waals surface area contributed by atoms with Crippen molar-refractivity contribution < 1.29 is 19.4 Å². The Hall–Kier alpha value is -2.67. The van der Waals surface area contributed by atoms with Crippen molar-refractivity contribution in [1.29, 1.82) is 5.26 Å². The lowest BCUT2D eigenvalue weighted by Crippen LogP contribution is -2.50. The van der Waals surface area contributed by atoms with E-state index in [0.717, 1.165) is 37.9 Å². The lowest BCUT2D eigenvalue weighted by molar-refractivity contribution is -0.125. The van der Waals surface area contributed by atoms with Crippen LogP contribution < -0.4 is 10.6 Å². The van der Waals surface area contributed by atoms with E-state index in [0.29, 0.717) is 25.9 Å². The van der Waals surface area contributed by atoms with Gasteiger partial charge in [0, 0.05) is 31.5 Å². The van der Waals surface area contributed by atoms with Crippen LogP contribution in [-0.2, 0) is 9.53 Å². The second kappa shape index (κ2) is 11.2. The molecular formula is C25H35N5O4. The zero-order chi connectivity index (χ0) is 24.1. The largest absolute Gasteiger partial charge is 0.446 e. The Morgan fingerprint density at radius 3 is 2.65 bits per heavy atom. The van der Waals surface area contributed by atoms with Gasteiger partial charge in [0.05, 0.1) is 6.07 Å². The first kappa shape index (κ1) is 24.5. The number of likely N-dealkylation sites (tertiary alicyclic amines) is 2. The van der Waals surface area contributed by atoms with Crippen LogP contribution in [0.2, 0.25) is 0 Å². The van der Waals surface area contributed by atoms with Crippen LogP contribution in [0.3, 0.4) is 0 Å². The molecule has 3 saturated heterocycles. The maximum atomic E-state index is 13.3. The molecule has 1 unspecified atom stereocenters. The minimum Gasteiger partial charge on any atom is -0.446 e. The van der Waals surface area contributed by atoms with Crippen molar-refractivity contribution in [2.75, 3.05) is 33.2 Å². The van der Waals surface area contributed by atoms with E-state index in [9.17, 15) is 20.0 Å². The number of carbonyl (C=O) groups excluding carboxylic acids is 2. The predicted octanol–water partition coefficient (Wildman–Crippen LogP) is 1.40. The van der Waals surface area contributed by atoms with Gasteiger partial charge in [-0.15, -0.1) is 0 Å². The molecule has 9 nitrogen and oxygen atoms in total. The molecule has 3 aliphatic rings. The van der Waals surface area contributed by atoms with E-state index in [1.54, 1.807) is 0 Å². The smallest absolute Gasteiger partial charge is 0.410 e. The van der Waals surface area contributed by atoms with Gasteiger partial charge in [-0.1, -0.05) is 30.3 Å². The van der Waals surface area contributed by atoms with Gasteiger partial charge in [0.25, 0.3) is 0 Å². The molecule has 1 aromatic rings. The summed E-state index contributed by atoms with van der Waals surface area (Å²) < 4.78 is 5.82. The minimum atomic E-state index is -0.727. The van der Waals surface area contributed by atoms with E-state index in [4.69, 9.17) is 4.74 Å². The van der Waals surface area contributed by atoms with Crippen molar-refractivity contribution in [3.05, 3.63) is 35.9 Å². The highest BCUT2D eigenvalue weighted by Crippen LogP contribution is 2.33. The number of benzene rings is 1. The summed E-state index contributed by atoms with van der Waals surface area (Å²) in [5.74, 6) is -0.412. The third-order valence-corrected chi connectivity index (χ3v) is 7.37. The molecule has 0 spiro atoms. The normalized spacial score (nSPS) is 28.9. The molecule has 0 aliphatic carbocycles. The number of nitrogens with zero attached hydrogens (tertiary/aromatic N) is 3. The molecule has 1 aromatic carbocycles. The molecule has 3 aliphatic heterocycles. The van der Waals surface area contributed by atoms with Crippen molar-refractivity contribution in [2.45, 2.75) is 62.4 Å². The Kier molecular flexibility index (Phi) is 8.03. The van der Waals surface area contributed by atoms with E-state index in [2.05, 4.69) is 28.7 Å². The summed E-state index contributed by atoms with van der Waals surface area (Å²) in [6.07, 6.45) is 1.89. The van der Waals surface area contributed by atoms with Crippen LogP contribution in [0, 0.1) is 17.2 Å². The molecule has 184 valence electrons. The van der Waals surface area contributed by atoms with Crippen molar-refractivity contribution in [2.24, 2.45) is 5.92 Å². The Bertz CT molecular complexity index is 883. The SMILES string of the molecule is CN1CCC(OC(=O)N2C[C@H](c3ccccc3)C[C@H]2C(=O)N[C@H](C#N)C[C@@H]2CCNC2O)CC1. The van der Waals surface area contributed by atoms with E-state index < -0.39 is 24.4 Å². The average molecular weight is 470 g/mol. The summed E-state index contributed by atoms with van der Waals surface area (Å²) in [5.41, 5.74) is 1.08. The molecule has 9 heteroatoms. The van der Waals surface area contributed by atoms with Crippen molar-refractivity contribution >= 4 is 12.0 Å². The van der Waals surface area contributed by atoms with Gasteiger partial charge in [-0.2, -0.15) is 5.26 Å². The van der Waals surface area contributed by atoms with Crippen LogP contribution in [0.5, 0.6) is 0 Å². The van der Waals surface area contributed by atoms with Gasteiger partial charge in [0.15, 0.2) is 0 Å². The summed E-state index contributed by atoms with van der Waals surface area (Å²) in [6.45, 7) is 2.84. The Labute approximate surface area is 201 Å². The van der Waals surface area contributed by atoms with Gasteiger partial charge in [-0.25, -0.2) is 4.79 Å². The van der Waals surface area contributed by atoms with Crippen LogP contribution in [0.15, 0.2) is 30.3 Å². The molecule has 0 aromatic heterocycles. The number of rotatable bonds is 6. The Morgan fingerprint density at radius 2 is 2.00 bits per heavy atom. The second-order valence-electron chi connectivity index (χ2n) is 9.77. The number of nitrogens with one attached hydrogen (secondary N) is 2. The molecule has 0 radical (unpaired) electrons. The molecule has 0 saturated carbocycles. The van der Waals surface area contributed by atoms with Gasteiger partial charge in [0.1, 0.15) is 24.4 Å². The fraction of sp³-hybridized carbons (Fsp3) is 0.640. The number of aliphatic hydroxyl groups excluding tert-OH is 1. The molecule has 4 rings (SSSR count). The lowest BCUT2D eigenvalue weighted by Gasteiger charge is -2.31. The lowest BCUT2D eigenvalue weighted by atomic mass is 9.95. The highest BCUT2D eigenvalue weighted by molar-refractivity contribution is 5.87. The van der Waals surface area contributed by atoms with Crippen molar-refractivity contribution in [3.63, 3.8) is 0 Å². The molecule has 3 fully saturated rings. The van der Waals surface area contributed by atoms with Gasteiger partial charge in [0.2, 0.25) is 5.91 Å².